The highest BCUT2D eigenvalue weighted by Gasteiger charge is 2.47. The van der Waals surface area contributed by atoms with Gasteiger partial charge in [-0.1, -0.05) is 42.5 Å². The van der Waals surface area contributed by atoms with E-state index in [1.807, 2.05) is 25.1 Å². The van der Waals surface area contributed by atoms with Crippen molar-refractivity contribution in [2.24, 2.45) is 0 Å². The van der Waals surface area contributed by atoms with E-state index in [-0.39, 0.29) is 22.0 Å². The van der Waals surface area contributed by atoms with Crippen molar-refractivity contribution in [1.82, 2.24) is 4.98 Å². The van der Waals surface area contributed by atoms with Gasteiger partial charge in [-0.15, -0.1) is 0 Å². The minimum atomic E-state index is -1.19. The maximum atomic E-state index is 14.9. The summed E-state index contributed by atoms with van der Waals surface area (Å²) in [5.41, 5.74) is 1.62. The number of hydrogen-bond donors (Lipinski definition) is 1. The highest BCUT2D eigenvalue weighted by atomic mass is 32.1. The van der Waals surface area contributed by atoms with E-state index >= 15 is 0 Å². The van der Waals surface area contributed by atoms with Gasteiger partial charge in [-0.25, -0.2) is 9.37 Å². The lowest BCUT2D eigenvalue weighted by Crippen LogP contribution is -2.31. The van der Waals surface area contributed by atoms with E-state index in [4.69, 9.17) is 4.42 Å². The first kappa shape index (κ1) is 20.1. The molecule has 8 heteroatoms. The third-order valence-electron chi connectivity index (χ3n) is 5.45. The fourth-order valence-corrected chi connectivity index (χ4v) is 4.90. The van der Waals surface area contributed by atoms with Crippen molar-refractivity contribution in [3.63, 3.8) is 0 Å². The lowest BCUT2D eigenvalue weighted by Gasteiger charge is -2.24. The van der Waals surface area contributed by atoms with Crippen LogP contribution in [0.2, 0.25) is 0 Å². The molecule has 0 saturated carbocycles. The summed E-state index contributed by atoms with van der Waals surface area (Å²) in [6.45, 7) is 2.04. The van der Waals surface area contributed by atoms with Gasteiger partial charge < -0.3 is 9.52 Å². The van der Waals surface area contributed by atoms with Crippen LogP contribution in [0.3, 0.4) is 0 Å². The molecule has 6 nitrogen and oxygen atoms in total. The molecule has 4 aromatic rings. The molecule has 0 unspecified atom stereocenters. The molecule has 32 heavy (non-hydrogen) atoms. The number of carbonyl (C=O) groups excluding carboxylic acids is 2. The van der Waals surface area contributed by atoms with Crippen LogP contribution in [0.15, 0.2) is 76.6 Å². The first-order valence-corrected chi connectivity index (χ1v) is 10.8. The van der Waals surface area contributed by atoms with Crippen LogP contribution in [-0.2, 0) is 11.2 Å². The monoisotopic (exact) mass is 448 g/mol. The Morgan fingerprint density at radius 2 is 2.03 bits per heavy atom. The summed E-state index contributed by atoms with van der Waals surface area (Å²) in [6.07, 6.45) is 2.16. The quantitative estimate of drug-likeness (QED) is 0.415. The second-order valence-electron chi connectivity index (χ2n) is 7.32. The number of amides is 1. The average molecular weight is 448 g/mol. The zero-order chi connectivity index (χ0) is 22.4. The zero-order valence-corrected chi connectivity index (χ0v) is 17.7. The number of aromatic nitrogens is 1. The molecule has 0 aliphatic carbocycles. The summed E-state index contributed by atoms with van der Waals surface area (Å²) >= 11 is 1.24. The average Bonchev–Trinajstić information content (AvgIpc) is 3.52. The Hall–Kier alpha value is -3.78. The zero-order valence-electron chi connectivity index (χ0n) is 16.9. The number of carbonyl (C=O) groups is 2. The van der Waals surface area contributed by atoms with Crippen molar-refractivity contribution in [3.05, 3.63) is 94.9 Å². The first-order valence-electron chi connectivity index (χ1n) is 9.98. The summed E-state index contributed by atoms with van der Waals surface area (Å²) in [6, 6.07) is 13.4. The van der Waals surface area contributed by atoms with Gasteiger partial charge in [0.1, 0.15) is 11.9 Å². The Morgan fingerprint density at radius 3 is 2.75 bits per heavy atom. The topological polar surface area (TPSA) is 83.6 Å². The van der Waals surface area contributed by atoms with Crippen LogP contribution in [0.5, 0.6) is 0 Å². The maximum absolute atomic E-state index is 14.9. The third kappa shape index (κ3) is 3.11. The molecule has 2 aromatic carbocycles. The van der Waals surface area contributed by atoms with Crippen LogP contribution in [-0.4, -0.2) is 21.8 Å². The smallest absolute Gasteiger partial charge is 0.296 e. The SMILES string of the molecule is CCc1ccc2nc(N3C(=O)C(O)=C(C(=O)c4ccco4)[C@H]3c3ccccc3F)sc2c1. The van der Waals surface area contributed by atoms with Gasteiger partial charge in [0, 0.05) is 5.56 Å². The number of benzene rings is 2. The summed E-state index contributed by atoms with van der Waals surface area (Å²) in [7, 11) is 0. The number of anilines is 1. The number of furan rings is 1. The van der Waals surface area contributed by atoms with Crippen LogP contribution in [0.25, 0.3) is 10.2 Å². The highest BCUT2D eigenvalue weighted by molar-refractivity contribution is 7.22. The second kappa shape index (κ2) is 7.72. The van der Waals surface area contributed by atoms with E-state index in [0.717, 1.165) is 16.7 Å². The van der Waals surface area contributed by atoms with E-state index in [0.29, 0.717) is 5.52 Å². The maximum Gasteiger partial charge on any atom is 0.296 e. The van der Waals surface area contributed by atoms with E-state index in [2.05, 4.69) is 4.98 Å². The van der Waals surface area contributed by atoms with Crippen molar-refractivity contribution < 1.29 is 23.5 Å². The Morgan fingerprint density at radius 1 is 1.22 bits per heavy atom. The number of aryl methyl sites for hydroxylation is 1. The van der Waals surface area contributed by atoms with E-state index < -0.39 is 29.3 Å². The number of hydrogen-bond acceptors (Lipinski definition) is 6. The van der Waals surface area contributed by atoms with Gasteiger partial charge in [0.25, 0.3) is 5.91 Å². The van der Waals surface area contributed by atoms with Crippen LogP contribution in [0.1, 0.15) is 34.6 Å². The fraction of sp³-hybridized carbons (Fsp3) is 0.125. The summed E-state index contributed by atoms with van der Waals surface area (Å²) in [4.78, 5) is 32.1. The van der Waals surface area contributed by atoms with Crippen LogP contribution in [0.4, 0.5) is 9.52 Å². The van der Waals surface area contributed by atoms with Gasteiger partial charge in [-0.3, -0.25) is 14.5 Å². The number of fused-ring (bicyclic) bond motifs is 1. The summed E-state index contributed by atoms with van der Waals surface area (Å²) in [5, 5.41) is 11.0. The summed E-state index contributed by atoms with van der Waals surface area (Å²) in [5.74, 6) is -2.91. The van der Waals surface area contributed by atoms with Gasteiger partial charge in [0.2, 0.25) is 5.78 Å². The van der Waals surface area contributed by atoms with Crippen LogP contribution in [0, 0.1) is 5.82 Å². The molecule has 0 radical (unpaired) electrons. The Kier molecular flexibility index (Phi) is 4.86. The molecule has 1 N–H and O–H groups in total. The standard InChI is InChI=1S/C24H17FN2O4S/c1-2-13-9-10-16-18(12-13)32-24(26-16)27-20(14-6-3-4-7-15(14)25)19(22(29)23(27)30)21(28)17-8-5-11-31-17/h3-12,20,29H,2H2,1H3/t20-/m1/s1. The Bertz CT molecular complexity index is 1390. The number of ketones is 1. The molecule has 0 fully saturated rings. The summed E-state index contributed by atoms with van der Waals surface area (Å²) < 4.78 is 20.9. The van der Waals surface area contributed by atoms with Crippen molar-refractivity contribution in [3.8, 4) is 0 Å². The number of nitrogens with zero attached hydrogens (tertiary/aromatic N) is 2. The van der Waals surface area contributed by atoms with Gasteiger partial charge in [-0.2, -0.15) is 0 Å². The van der Waals surface area contributed by atoms with Gasteiger partial charge in [-0.05, 0) is 42.3 Å². The first-order chi connectivity index (χ1) is 15.5. The molecule has 0 bridgehead atoms. The minimum Gasteiger partial charge on any atom is -0.503 e. The van der Waals surface area contributed by atoms with E-state index in [1.165, 1.54) is 52.8 Å². The van der Waals surface area contributed by atoms with Crippen LogP contribution >= 0.6 is 11.3 Å². The molecule has 1 amide bonds. The largest absolute Gasteiger partial charge is 0.503 e. The number of aliphatic hydroxyl groups excluding tert-OH is 1. The van der Waals surface area contributed by atoms with Crippen molar-refractivity contribution in [2.45, 2.75) is 19.4 Å². The third-order valence-corrected chi connectivity index (χ3v) is 6.47. The van der Waals surface area contributed by atoms with E-state index in [9.17, 15) is 19.1 Å². The Balaban J connectivity index is 1.69. The molecule has 0 saturated heterocycles. The minimum absolute atomic E-state index is 0.0561. The number of Topliss-reactive ketones (excluding diaryl/α,β-unsaturated/α-hetero) is 1. The normalized spacial score (nSPS) is 16.4. The second-order valence-corrected chi connectivity index (χ2v) is 8.33. The molecule has 1 aliphatic heterocycles. The van der Waals surface area contributed by atoms with Crippen molar-refractivity contribution >= 4 is 38.4 Å². The van der Waals surface area contributed by atoms with Crippen molar-refractivity contribution in [2.75, 3.05) is 4.90 Å². The molecule has 160 valence electrons. The molecule has 0 spiro atoms. The predicted molar refractivity (Wildman–Crippen MR) is 118 cm³/mol. The molecule has 1 aliphatic rings. The van der Waals surface area contributed by atoms with Crippen molar-refractivity contribution in [1.29, 1.82) is 0 Å². The number of thiazole rings is 1. The number of rotatable bonds is 5. The van der Waals surface area contributed by atoms with Gasteiger partial charge in [0.15, 0.2) is 16.7 Å². The molecular formula is C24H17FN2O4S. The molecule has 5 rings (SSSR count). The fourth-order valence-electron chi connectivity index (χ4n) is 3.85. The van der Waals surface area contributed by atoms with E-state index in [1.54, 1.807) is 6.07 Å². The number of aliphatic hydroxyl groups is 1. The Labute approximate surface area is 186 Å². The highest BCUT2D eigenvalue weighted by Crippen LogP contribution is 2.44. The number of halogens is 1. The predicted octanol–water partition coefficient (Wildman–Crippen LogP) is 5.37. The van der Waals surface area contributed by atoms with Crippen LogP contribution < -0.4 is 4.90 Å². The molecule has 3 heterocycles. The molecule has 1 atom stereocenters. The molecular weight excluding hydrogens is 431 g/mol. The van der Waals surface area contributed by atoms with Gasteiger partial charge >= 0.3 is 0 Å². The lowest BCUT2D eigenvalue weighted by atomic mass is 9.95. The lowest BCUT2D eigenvalue weighted by molar-refractivity contribution is -0.117. The molecule has 2 aromatic heterocycles. The van der Waals surface area contributed by atoms with Gasteiger partial charge in [0.05, 0.1) is 22.1 Å².